The molecule has 2 heterocycles. The summed E-state index contributed by atoms with van der Waals surface area (Å²) in [5.41, 5.74) is 1.83. The minimum atomic E-state index is -0.0996. The van der Waals surface area contributed by atoms with Crippen molar-refractivity contribution < 1.29 is 9.32 Å². The largest absolute Gasteiger partial charge is 0.351 e. The first kappa shape index (κ1) is 17.3. The van der Waals surface area contributed by atoms with E-state index < -0.39 is 0 Å². The normalized spacial score (nSPS) is 17.1. The second kappa shape index (κ2) is 7.13. The third-order valence-electron chi connectivity index (χ3n) is 4.41. The van der Waals surface area contributed by atoms with Gasteiger partial charge in [-0.2, -0.15) is 0 Å². The molecular formula is C17H19Cl2N3O2. The van der Waals surface area contributed by atoms with Crippen LogP contribution < -0.4 is 0 Å². The van der Waals surface area contributed by atoms with Crippen LogP contribution in [0, 0.1) is 6.92 Å². The lowest BCUT2D eigenvalue weighted by Gasteiger charge is -2.37. The topological polar surface area (TPSA) is 49.6 Å². The highest BCUT2D eigenvalue weighted by atomic mass is 35.5. The molecule has 0 aliphatic carbocycles. The summed E-state index contributed by atoms with van der Waals surface area (Å²) in [7, 11) is 0. The SMILES string of the molecule is Cc1cc(C(=O)N2CCN(C(C)c3ccc(Cl)c(Cl)c3)CC2)on1. The maximum absolute atomic E-state index is 12.4. The van der Waals surface area contributed by atoms with Gasteiger partial charge >= 0.3 is 0 Å². The van der Waals surface area contributed by atoms with E-state index in [0.29, 0.717) is 34.6 Å². The van der Waals surface area contributed by atoms with Crippen LogP contribution in [0.25, 0.3) is 0 Å². The molecule has 7 heteroatoms. The molecule has 1 unspecified atom stereocenters. The monoisotopic (exact) mass is 367 g/mol. The van der Waals surface area contributed by atoms with E-state index >= 15 is 0 Å². The Kier molecular flexibility index (Phi) is 5.13. The number of nitrogens with zero attached hydrogens (tertiary/aromatic N) is 3. The van der Waals surface area contributed by atoms with Gasteiger partial charge in [0.15, 0.2) is 0 Å². The van der Waals surface area contributed by atoms with Crippen molar-refractivity contribution in [3.05, 3.63) is 51.3 Å². The van der Waals surface area contributed by atoms with Crippen LogP contribution in [0.15, 0.2) is 28.8 Å². The van der Waals surface area contributed by atoms with Gasteiger partial charge in [-0.05, 0) is 31.5 Å². The van der Waals surface area contributed by atoms with Gasteiger partial charge in [0.05, 0.1) is 15.7 Å². The average Bonchev–Trinajstić information content (AvgIpc) is 3.02. The first-order valence-corrected chi connectivity index (χ1v) is 8.63. The Morgan fingerprint density at radius 3 is 2.46 bits per heavy atom. The number of carbonyl (C=O) groups is 1. The second-order valence-corrected chi connectivity index (χ2v) is 6.82. The van der Waals surface area contributed by atoms with Crippen molar-refractivity contribution >= 4 is 29.1 Å². The van der Waals surface area contributed by atoms with Gasteiger partial charge in [0.25, 0.3) is 5.91 Å². The summed E-state index contributed by atoms with van der Waals surface area (Å²) >= 11 is 12.1. The smallest absolute Gasteiger partial charge is 0.292 e. The van der Waals surface area contributed by atoms with Gasteiger partial charge < -0.3 is 9.42 Å². The molecule has 2 aromatic rings. The summed E-state index contributed by atoms with van der Waals surface area (Å²) in [5, 5.41) is 4.90. The van der Waals surface area contributed by atoms with Gasteiger partial charge in [-0.15, -0.1) is 0 Å². The lowest BCUT2D eigenvalue weighted by Crippen LogP contribution is -2.49. The summed E-state index contributed by atoms with van der Waals surface area (Å²) < 4.78 is 5.07. The quantitative estimate of drug-likeness (QED) is 0.827. The molecule has 0 saturated carbocycles. The summed E-state index contributed by atoms with van der Waals surface area (Å²) in [6, 6.07) is 7.61. The molecule has 0 spiro atoms. The molecule has 1 aromatic heterocycles. The van der Waals surface area contributed by atoms with E-state index in [2.05, 4.69) is 17.0 Å². The molecule has 1 aliphatic rings. The number of amides is 1. The Morgan fingerprint density at radius 2 is 1.88 bits per heavy atom. The van der Waals surface area contributed by atoms with Crippen LogP contribution in [-0.2, 0) is 0 Å². The number of aryl methyl sites for hydroxylation is 1. The number of benzene rings is 1. The molecule has 3 rings (SSSR count). The van der Waals surface area contributed by atoms with Crippen LogP contribution in [0.3, 0.4) is 0 Å². The van der Waals surface area contributed by atoms with E-state index in [9.17, 15) is 4.79 Å². The first-order valence-electron chi connectivity index (χ1n) is 7.87. The lowest BCUT2D eigenvalue weighted by atomic mass is 10.1. The van der Waals surface area contributed by atoms with Crippen LogP contribution in [0.1, 0.15) is 34.8 Å². The molecule has 1 atom stereocenters. The zero-order valence-corrected chi connectivity index (χ0v) is 15.1. The minimum absolute atomic E-state index is 0.0996. The van der Waals surface area contributed by atoms with E-state index in [1.807, 2.05) is 18.2 Å². The fraction of sp³-hybridized carbons (Fsp3) is 0.412. The van der Waals surface area contributed by atoms with Crippen molar-refractivity contribution in [3.8, 4) is 0 Å². The van der Waals surface area contributed by atoms with Gasteiger partial charge in [-0.25, -0.2) is 0 Å². The van der Waals surface area contributed by atoms with Crippen LogP contribution in [0.5, 0.6) is 0 Å². The number of hydrogen-bond acceptors (Lipinski definition) is 4. The van der Waals surface area contributed by atoms with Gasteiger partial charge in [-0.1, -0.05) is 34.4 Å². The highest BCUT2D eigenvalue weighted by Gasteiger charge is 2.27. The van der Waals surface area contributed by atoms with E-state index in [0.717, 1.165) is 18.7 Å². The number of rotatable bonds is 3. The Labute approximate surface area is 151 Å². The van der Waals surface area contributed by atoms with E-state index in [1.165, 1.54) is 0 Å². The van der Waals surface area contributed by atoms with Crippen molar-refractivity contribution in [2.45, 2.75) is 19.9 Å². The Morgan fingerprint density at radius 1 is 1.17 bits per heavy atom. The molecule has 128 valence electrons. The third kappa shape index (κ3) is 3.58. The van der Waals surface area contributed by atoms with Crippen molar-refractivity contribution in [3.63, 3.8) is 0 Å². The molecule has 1 fully saturated rings. The number of aromatic nitrogens is 1. The zero-order valence-electron chi connectivity index (χ0n) is 13.6. The van der Waals surface area contributed by atoms with Crippen LogP contribution in [-0.4, -0.2) is 47.0 Å². The van der Waals surface area contributed by atoms with Crippen molar-refractivity contribution in [1.82, 2.24) is 15.0 Å². The molecular weight excluding hydrogens is 349 g/mol. The maximum Gasteiger partial charge on any atom is 0.292 e. The predicted molar refractivity (Wildman–Crippen MR) is 93.6 cm³/mol. The van der Waals surface area contributed by atoms with Gasteiger partial charge in [0, 0.05) is 38.3 Å². The Bertz CT molecular complexity index is 739. The molecule has 1 aliphatic heterocycles. The predicted octanol–water partition coefficient (Wildman–Crippen LogP) is 3.81. The molecule has 0 radical (unpaired) electrons. The molecule has 24 heavy (non-hydrogen) atoms. The second-order valence-electron chi connectivity index (χ2n) is 6.01. The highest BCUT2D eigenvalue weighted by Crippen LogP contribution is 2.28. The fourth-order valence-electron chi connectivity index (χ4n) is 2.92. The molecule has 1 amide bonds. The Hall–Kier alpha value is -1.56. The molecule has 0 N–H and O–H groups in total. The lowest BCUT2D eigenvalue weighted by molar-refractivity contribution is 0.0544. The first-order chi connectivity index (χ1) is 11.5. The number of hydrogen-bond donors (Lipinski definition) is 0. The van der Waals surface area contributed by atoms with Gasteiger partial charge in [0.2, 0.25) is 5.76 Å². The third-order valence-corrected chi connectivity index (χ3v) is 5.15. The fourth-order valence-corrected chi connectivity index (χ4v) is 3.22. The highest BCUT2D eigenvalue weighted by molar-refractivity contribution is 6.42. The number of carbonyl (C=O) groups excluding carboxylic acids is 1. The van der Waals surface area contributed by atoms with Crippen molar-refractivity contribution in [2.24, 2.45) is 0 Å². The average molecular weight is 368 g/mol. The van der Waals surface area contributed by atoms with E-state index in [4.69, 9.17) is 27.7 Å². The number of halogens is 2. The Balaban J connectivity index is 1.62. The van der Waals surface area contributed by atoms with Crippen LogP contribution in [0.2, 0.25) is 10.0 Å². The summed E-state index contributed by atoms with van der Waals surface area (Å²) in [6.07, 6.45) is 0. The van der Waals surface area contributed by atoms with Crippen LogP contribution >= 0.6 is 23.2 Å². The summed E-state index contributed by atoms with van der Waals surface area (Å²) in [5.74, 6) is 0.205. The molecule has 5 nitrogen and oxygen atoms in total. The minimum Gasteiger partial charge on any atom is -0.351 e. The standard InChI is InChI=1S/C17H19Cl2N3O2/c1-11-9-16(24-20-11)17(23)22-7-5-21(6-8-22)12(2)13-3-4-14(18)15(19)10-13/h3-4,9-10,12H,5-8H2,1-2H3. The zero-order chi connectivity index (χ0) is 17.3. The van der Waals surface area contributed by atoms with Crippen molar-refractivity contribution in [1.29, 1.82) is 0 Å². The van der Waals surface area contributed by atoms with E-state index in [1.54, 1.807) is 17.9 Å². The molecule has 0 bridgehead atoms. The molecule has 1 aromatic carbocycles. The van der Waals surface area contributed by atoms with E-state index in [-0.39, 0.29) is 11.9 Å². The maximum atomic E-state index is 12.4. The van der Waals surface area contributed by atoms with Gasteiger partial charge in [-0.3, -0.25) is 9.69 Å². The van der Waals surface area contributed by atoms with Crippen molar-refractivity contribution in [2.75, 3.05) is 26.2 Å². The summed E-state index contributed by atoms with van der Waals surface area (Å²) in [6.45, 7) is 6.84. The van der Waals surface area contributed by atoms with Gasteiger partial charge in [0.1, 0.15) is 0 Å². The van der Waals surface area contributed by atoms with Crippen LogP contribution in [0.4, 0.5) is 0 Å². The summed E-state index contributed by atoms with van der Waals surface area (Å²) in [4.78, 5) is 16.5. The molecule has 1 saturated heterocycles. The number of piperazine rings is 1.